The molecule has 0 radical (unpaired) electrons. The predicted molar refractivity (Wildman–Crippen MR) is 57.8 cm³/mol. The Morgan fingerprint density at radius 3 is 1.75 bits per heavy atom. The molecule has 12 heavy (non-hydrogen) atoms. The number of alkyl halides is 1. The lowest BCUT2D eigenvalue weighted by Gasteiger charge is -2.29. The van der Waals surface area contributed by atoms with Gasteiger partial charge in [-0.1, -0.05) is 34.6 Å². The Morgan fingerprint density at radius 1 is 1.00 bits per heavy atom. The molecule has 1 unspecified atom stereocenters. The summed E-state index contributed by atoms with van der Waals surface area (Å²) in [4.78, 5) is 0. The van der Waals surface area contributed by atoms with Gasteiger partial charge in [-0.05, 0) is 30.1 Å². The van der Waals surface area contributed by atoms with Crippen molar-refractivity contribution in [2.45, 2.75) is 53.9 Å². The van der Waals surface area contributed by atoms with Crippen molar-refractivity contribution in [3.63, 3.8) is 0 Å². The Labute approximate surface area is 82.7 Å². The first-order valence-electron chi connectivity index (χ1n) is 4.89. The summed E-state index contributed by atoms with van der Waals surface area (Å²) >= 11 is 5.94. The van der Waals surface area contributed by atoms with E-state index in [1.54, 1.807) is 0 Å². The van der Waals surface area contributed by atoms with E-state index in [1.807, 2.05) is 0 Å². The third-order valence-corrected chi connectivity index (χ3v) is 3.30. The van der Waals surface area contributed by atoms with Gasteiger partial charge in [0, 0.05) is 5.88 Å². The first kappa shape index (κ1) is 12.3. The van der Waals surface area contributed by atoms with E-state index in [0.29, 0.717) is 10.8 Å². The van der Waals surface area contributed by atoms with Crippen molar-refractivity contribution in [1.82, 2.24) is 0 Å². The number of rotatable bonds is 4. The number of hydrogen-bond donors (Lipinski definition) is 0. The number of hydrogen-bond acceptors (Lipinski definition) is 0. The molecule has 0 spiro atoms. The van der Waals surface area contributed by atoms with Gasteiger partial charge in [0.15, 0.2) is 0 Å². The SMILES string of the molecule is CCC(C)(CCl)CCC(C)(C)C. The minimum absolute atomic E-state index is 0.356. The molecule has 0 saturated carbocycles. The largest absolute Gasteiger partial charge is 0.126 e. The fraction of sp³-hybridized carbons (Fsp3) is 1.00. The van der Waals surface area contributed by atoms with E-state index in [0.717, 1.165) is 5.88 Å². The highest BCUT2D eigenvalue weighted by molar-refractivity contribution is 6.18. The molecule has 1 heteroatoms. The summed E-state index contributed by atoms with van der Waals surface area (Å²) in [5.74, 6) is 0.791. The summed E-state index contributed by atoms with van der Waals surface area (Å²) in [6, 6.07) is 0. The molecule has 0 nitrogen and oxygen atoms in total. The van der Waals surface area contributed by atoms with Crippen LogP contribution in [0.25, 0.3) is 0 Å². The highest BCUT2D eigenvalue weighted by Crippen LogP contribution is 2.33. The lowest BCUT2D eigenvalue weighted by molar-refractivity contribution is 0.252. The van der Waals surface area contributed by atoms with E-state index in [2.05, 4.69) is 34.6 Å². The van der Waals surface area contributed by atoms with Crippen LogP contribution in [0.2, 0.25) is 0 Å². The van der Waals surface area contributed by atoms with Crippen LogP contribution < -0.4 is 0 Å². The molecule has 0 amide bonds. The van der Waals surface area contributed by atoms with Crippen LogP contribution in [0.4, 0.5) is 0 Å². The molecule has 0 aromatic carbocycles. The maximum absolute atomic E-state index is 5.94. The highest BCUT2D eigenvalue weighted by Gasteiger charge is 2.23. The molecular weight excluding hydrogens is 168 g/mol. The van der Waals surface area contributed by atoms with Crippen molar-refractivity contribution in [1.29, 1.82) is 0 Å². The molecule has 0 N–H and O–H groups in total. The van der Waals surface area contributed by atoms with Crippen molar-refractivity contribution >= 4 is 11.6 Å². The van der Waals surface area contributed by atoms with E-state index < -0.39 is 0 Å². The topological polar surface area (TPSA) is 0 Å². The molecule has 0 rings (SSSR count). The summed E-state index contributed by atoms with van der Waals surface area (Å²) in [6.45, 7) is 11.4. The van der Waals surface area contributed by atoms with Crippen LogP contribution in [0, 0.1) is 10.8 Å². The van der Waals surface area contributed by atoms with Crippen LogP contribution in [0.5, 0.6) is 0 Å². The minimum Gasteiger partial charge on any atom is -0.126 e. The van der Waals surface area contributed by atoms with E-state index in [9.17, 15) is 0 Å². The highest BCUT2D eigenvalue weighted by atomic mass is 35.5. The van der Waals surface area contributed by atoms with Gasteiger partial charge in [0.25, 0.3) is 0 Å². The molecular formula is C11H23Cl. The van der Waals surface area contributed by atoms with Gasteiger partial charge in [-0.15, -0.1) is 11.6 Å². The summed E-state index contributed by atoms with van der Waals surface area (Å²) < 4.78 is 0. The molecule has 0 bridgehead atoms. The Bertz CT molecular complexity index is 117. The zero-order valence-corrected chi connectivity index (χ0v) is 9.96. The van der Waals surface area contributed by atoms with Gasteiger partial charge in [-0.2, -0.15) is 0 Å². The van der Waals surface area contributed by atoms with Crippen LogP contribution in [0.15, 0.2) is 0 Å². The summed E-state index contributed by atoms with van der Waals surface area (Å²) in [5.41, 5.74) is 0.803. The van der Waals surface area contributed by atoms with Gasteiger partial charge >= 0.3 is 0 Å². The fourth-order valence-electron chi connectivity index (χ4n) is 1.01. The third-order valence-electron chi connectivity index (χ3n) is 2.65. The quantitative estimate of drug-likeness (QED) is 0.574. The smallest absolute Gasteiger partial charge is 0.0277 e. The van der Waals surface area contributed by atoms with Crippen molar-refractivity contribution in [3.8, 4) is 0 Å². The van der Waals surface area contributed by atoms with Crippen molar-refractivity contribution in [2.24, 2.45) is 10.8 Å². The van der Waals surface area contributed by atoms with Crippen LogP contribution in [-0.4, -0.2) is 5.88 Å². The Balaban J connectivity index is 3.89. The average Bonchev–Trinajstić information content (AvgIpc) is 1.99. The standard InChI is InChI=1S/C11H23Cl/c1-6-11(5,9-12)8-7-10(2,3)4/h6-9H2,1-5H3. The second-order valence-corrected chi connectivity index (χ2v) is 5.63. The van der Waals surface area contributed by atoms with Crippen molar-refractivity contribution in [2.75, 3.05) is 5.88 Å². The maximum atomic E-state index is 5.94. The van der Waals surface area contributed by atoms with E-state index in [-0.39, 0.29) is 0 Å². The average molecular weight is 191 g/mol. The third kappa shape index (κ3) is 5.03. The van der Waals surface area contributed by atoms with Crippen molar-refractivity contribution in [3.05, 3.63) is 0 Å². The monoisotopic (exact) mass is 190 g/mol. The second kappa shape index (κ2) is 4.50. The number of halogens is 1. The van der Waals surface area contributed by atoms with Gasteiger partial charge < -0.3 is 0 Å². The van der Waals surface area contributed by atoms with Gasteiger partial charge in [-0.25, -0.2) is 0 Å². The molecule has 0 aliphatic rings. The zero-order valence-electron chi connectivity index (χ0n) is 9.21. The molecule has 0 aromatic rings. The first-order chi connectivity index (χ1) is 5.33. The molecule has 0 saturated heterocycles. The summed E-state index contributed by atoms with van der Waals surface area (Å²) in [7, 11) is 0. The Kier molecular flexibility index (Phi) is 4.61. The molecule has 0 heterocycles. The van der Waals surface area contributed by atoms with E-state index >= 15 is 0 Å². The van der Waals surface area contributed by atoms with Crippen LogP contribution >= 0.6 is 11.6 Å². The molecule has 0 aliphatic carbocycles. The lowest BCUT2D eigenvalue weighted by atomic mass is 9.78. The Hall–Kier alpha value is 0.290. The van der Waals surface area contributed by atoms with Crippen LogP contribution in [0.3, 0.4) is 0 Å². The fourth-order valence-corrected chi connectivity index (χ4v) is 1.34. The molecule has 0 aliphatic heterocycles. The van der Waals surface area contributed by atoms with Gasteiger partial charge in [0.05, 0.1) is 0 Å². The van der Waals surface area contributed by atoms with Crippen LogP contribution in [-0.2, 0) is 0 Å². The first-order valence-corrected chi connectivity index (χ1v) is 5.42. The van der Waals surface area contributed by atoms with Crippen molar-refractivity contribution < 1.29 is 0 Å². The van der Waals surface area contributed by atoms with E-state index in [1.165, 1.54) is 19.3 Å². The molecule has 0 aromatic heterocycles. The maximum Gasteiger partial charge on any atom is 0.0277 e. The zero-order chi connectivity index (χ0) is 9.83. The summed E-state index contributed by atoms with van der Waals surface area (Å²) in [6.07, 6.45) is 3.70. The summed E-state index contributed by atoms with van der Waals surface area (Å²) in [5, 5.41) is 0. The second-order valence-electron chi connectivity index (χ2n) is 5.36. The molecule has 74 valence electrons. The molecule has 1 atom stereocenters. The minimum atomic E-state index is 0.356. The molecule has 0 fully saturated rings. The lowest BCUT2D eigenvalue weighted by Crippen LogP contribution is -2.20. The van der Waals surface area contributed by atoms with Gasteiger partial charge in [-0.3, -0.25) is 0 Å². The van der Waals surface area contributed by atoms with Gasteiger partial charge in [0.2, 0.25) is 0 Å². The Morgan fingerprint density at radius 2 is 1.50 bits per heavy atom. The van der Waals surface area contributed by atoms with Gasteiger partial charge in [0.1, 0.15) is 0 Å². The van der Waals surface area contributed by atoms with E-state index in [4.69, 9.17) is 11.6 Å². The normalized spacial score (nSPS) is 17.5. The van der Waals surface area contributed by atoms with Crippen LogP contribution in [0.1, 0.15) is 53.9 Å². The predicted octanol–water partition coefficient (Wildman–Crippen LogP) is 4.47.